The molecule has 0 saturated heterocycles. The van der Waals surface area contributed by atoms with E-state index in [1.807, 2.05) is 24.3 Å². The summed E-state index contributed by atoms with van der Waals surface area (Å²) in [6.45, 7) is 0. The van der Waals surface area contributed by atoms with Gasteiger partial charge in [-0.3, -0.25) is 0 Å². The molecule has 18 heavy (non-hydrogen) atoms. The van der Waals surface area contributed by atoms with E-state index < -0.39 is 0 Å². The first-order valence-corrected chi connectivity index (χ1v) is 6.21. The lowest BCUT2D eigenvalue weighted by Gasteiger charge is -2.30. The number of benzene rings is 2. The lowest BCUT2D eigenvalue weighted by molar-refractivity contribution is 0.315. The zero-order chi connectivity index (χ0) is 12.4. The maximum atomic E-state index is 9.24. The fourth-order valence-electron chi connectivity index (χ4n) is 2.59. The predicted octanol–water partition coefficient (Wildman–Crippen LogP) is 3.40. The highest BCUT2D eigenvalue weighted by molar-refractivity contribution is 5.94. The van der Waals surface area contributed by atoms with Gasteiger partial charge in [0.1, 0.15) is 0 Å². The van der Waals surface area contributed by atoms with Crippen molar-refractivity contribution >= 4 is 5.71 Å². The van der Waals surface area contributed by atoms with Crippen molar-refractivity contribution in [1.82, 2.24) is 0 Å². The SMILES string of the molecule is ON=C(Cc1ccccc1)C1Cc2ccccc21. The molecule has 0 spiro atoms. The van der Waals surface area contributed by atoms with Gasteiger partial charge < -0.3 is 5.21 Å². The number of nitrogens with zero attached hydrogens (tertiary/aromatic N) is 1. The Labute approximate surface area is 107 Å². The van der Waals surface area contributed by atoms with Crippen LogP contribution in [0.3, 0.4) is 0 Å². The van der Waals surface area contributed by atoms with Gasteiger partial charge >= 0.3 is 0 Å². The van der Waals surface area contributed by atoms with E-state index in [-0.39, 0.29) is 5.92 Å². The highest BCUT2D eigenvalue weighted by Crippen LogP contribution is 2.36. The van der Waals surface area contributed by atoms with Crippen LogP contribution in [0, 0.1) is 0 Å². The molecular formula is C16H15NO. The number of fused-ring (bicyclic) bond motifs is 1. The van der Waals surface area contributed by atoms with E-state index in [9.17, 15) is 5.21 Å². The Morgan fingerprint density at radius 2 is 1.78 bits per heavy atom. The summed E-state index contributed by atoms with van der Waals surface area (Å²) in [5.74, 6) is 0.284. The normalized spacial score (nSPS) is 18.0. The Kier molecular flexibility index (Phi) is 2.85. The van der Waals surface area contributed by atoms with Crippen LogP contribution in [0.5, 0.6) is 0 Å². The molecule has 1 aliphatic rings. The molecule has 0 aromatic heterocycles. The quantitative estimate of drug-likeness (QED) is 0.495. The molecule has 90 valence electrons. The average molecular weight is 237 g/mol. The zero-order valence-corrected chi connectivity index (χ0v) is 10.1. The third-order valence-corrected chi connectivity index (χ3v) is 3.61. The van der Waals surface area contributed by atoms with Gasteiger partial charge in [0.2, 0.25) is 0 Å². The smallest absolute Gasteiger partial charge is 0.0692 e. The molecule has 0 bridgehead atoms. The molecule has 0 aliphatic heterocycles. The van der Waals surface area contributed by atoms with Gasteiger partial charge in [0.05, 0.1) is 5.71 Å². The maximum Gasteiger partial charge on any atom is 0.0692 e. The van der Waals surface area contributed by atoms with Crippen molar-refractivity contribution in [3.8, 4) is 0 Å². The number of rotatable bonds is 3. The Morgan fingerprint density at radius 3 is 2.50 bits per heavy atom. The molecule has 1 N–H and O–H groups in total. The van der Waals surface area contributed by atoms with E-state index in [4.69, 9.17) is 0 Å². The van der Waals surface area contributed by atoms with Gasteiger partial charge in [-0.2, -0.15) is 0 Å². The number of hydrogen-bond acceptors (Lipinski definition) is 2. The van der Waals surface area contributed by atoms with Crippen LogP contribution in [0.1, 0.15) is 22.6 Å². The van der Waals surface area contributed by atoms with Crippen molar-refractivity contribution in [2.45, 2.75) is 18.8 Å². The van der Waals surface area contributed by atoms with E-state index >= 15 is 0 Å². The van der Waals surface area contributed by atoms with E-state index in [0.29, 0.717) is 0 Å². The number of oxime groups is 1. The molecule has 1 aliphatic carbocycles. The summed E-state index contributed by atoms with van der Waals surface area (Å²) in [5, 5.41) is 12.8. The van der Waals surface area contributed by atoms with Crippen LogP contribution in [0.4, 0.5) is 0 Å². The molecule has 2 heteroatoms. The molecule has 2 aromatic rings. The average Bonchev–Trinajstić information content (AvgIpc) is 2.40. The van der Waals surface area contributed by atoms with Crippen molar-refractivity contribution in [3.63, 3.8) is 0 Å². The fraction of sp³-hybridized carbons (Fsp3) is 0.188. The summed E-state index contributed by atoms with van der Waals surface area (Å²) in [7, 11) is 0. The Morgan fingerprint density at radius 1 is 1.06 bits per heavy atom. The van der Waals surface area contributed by atoms with Crippen LogP contribution < -0.4 is 0 Å². The molecule has 1 atom stereocenters. The summed E-state index contributed by atoms with van der Waals surface area (Å²) in [6.07, 6.45) is 1.71. The molecule has 1 unspecified atom stereocenters. The molecule has 0 saturated carbocycles. The molecule has 0 heterocycles. The summed E-state index contributed by atoms with van der Waals surface area (Å²) in [5.41, 5.74) is 4.73. The first-order valence-electron chi connectivity index (χ1n) is 6.21. The Hall–Kier alpha value is -2.09. The molecule has 2 nitrogen and oxygen atoms in total. The molecule has 2 aromatic carbocycles. The zero-order valence-electron chi connectivity index (χ0n) is 10.1. The van der Waals surface area contributed by atoms with Gasteiger partial charge in [-0.25, -0.2) is 0 Å². The Bertz CT molecular complexity index is 575. The first-order chi connectivity index (χ1) is 8.88. The molecule has 3 rings (SSSR count). The molecular weight excluding hydrogens is 222 g/mol. The van der Waals surface area contributed by atoms with Crippen molar-refractivity contribution in [2.75, 3.05) is 0 Å². The van der Waals surface area contributed by atoms with Crippen LogP contribution in [-0.2, 0) is 12.8 Å². The third-order valence-electron chi connectivity index (χ3n) is 3.61. The van der Waals surface area contributed by atoms with E-state index in [2.05, 4.69) is 35.5 Å². The first kappa shape index (κ1) is 11.0. The minimum absolute atomic E-state index is 0.284. The minimum Gasteiger partial charge on any atom is -0.411 e. The van der Waals surface area contributed by atoms with Gasteiger partial charge in [-0.15, -0.1) is 0 Å². The van der Waals surface area contributed by atoms with Crippen molar-refractivity contribution in [1.29, 1.82) is 0 Å². The second-order valence-electron chi connectivity index (χ2n) is 4.71. The lowest BCUT2D eigenvalue weighted by atomic mass is 9.74. The van der Waals surface area contributed by atoms with Crippen LogP contribution in [0.25, 0.3) is 0 Å². The second-order valence-corrected chi connectivity index (χ2v) is 4.71. The van der Waals surface area contributed by atoms with Crippen molar-refractivity contribution in [3.05, 3.63) is 71.3 Å². The summed E-state index contributed by atoms with van der Waals surface area (Å²) < 4.78 is 0. The monoisotopic (exact) mass is 237 g/mol. The Balaban J connectivity index is 1.80. The summed E-state index contributed by atoms with van der Waals surface area (Å²) in [4.78, 5) is 0. The molecule has 0 radical (unpaired) electrons. The standard InChI is InChI=1S/C16H15NO/c18-17-16(10-12-6-2-1-3-7-12)15-11-13-8-4-5-9-14(13)15/h1-9,15,18H,10-11H2. The highest BCUT2D eigenvalue weighted by atomic mass is 16.4. The molecule has 0 amide bonds. The third kappa shape index (κ3) is 1.90. The van der Waals surface area contributed by atoms with E-state index in [0.717, 1.165) is 18.6 Å². The van der Waals surface area contributed by atoms with Gasteiger partial charge in [0, 0.05) is 12.3 Å². The van der Waals surface area contributed by atoms with Crippen LogP contribution in [0.15, 0.2) is 59.8 Å². The minimum atomic E-state index is 0.284. The fourth-order valence-corrected chi connectivity index (χ4v) is 2.59. The maximum absolute atomic E-state index is 9.24. The lowest BCUT2D eigenvalue weighted by Crippen LogP contribution is -2.26. The summed E-state index contributed by atoms with van der Waals surface area (Å²) in [6, 6.07) is 18.5. The topological polar surface area (TPSA) is 32.6 Å². The van der Waals surface area contributed by atoms with Crippen LogP contribution in [-0.4, -0.2) is 10.9 Å². The second kappa shape index (κ2) is 4.65. The van der Waals surface area contributed by atoms with E-state index in [1.165, 1.54) is 16.7 Å². The molecule has 0 fully saturated rings. The highest BCUT2D eigenvalue weighted by Gasteiger charge is 2.30. The van der Waals surface area contributed by atoms with Gasteiger partial charge in [-0.1, -0.05) is 59.8 Å². The predicted molar refractivity (Wildman–Crippen MR) is 72.3 cm³/mol. The van der Waals surface area contributed by atoms with Crippen LogP contribution in [0.2, 0.25) is 0 Å². The number of hydrogen-bond donors (Lipinski definition) is 1. The van der Waals surface area contributed by atoms with Gasteiger partial charge in [0.25, 0.3) is 0 Å². The summed E-state index contributed by atoms with van der Waals surface area (Å²) >= 11 is 0. The van der Waals surface area contributed by atoms with Gasteiger partial charge in [0.15, 0.2) is 0 Å². The van der Waals surface area contributed by atoms with Crippen molar-refractivity contribution < 1.29 is 5.21 Å². The van der Waals surface area contributed by atoms with Crippen molar-refractivity contribution in [2.24, 2.45) is 5.16 Å². The van der Waals surface area contributed by atoms with Crippen LogP contribution >= 0.6 is 0 Å². The van der Waals surface area contributed by atoms with Gasteiger partial charge in [-0.05, 0) is 23.1 Å². The largest absolute Gasteiger partial charge is 0.411 e. The van der Waals surface area contributed by atoms with E-state index in [1.54, 1.807) is 0 Å².